The van der Waals surface area contributed by atoms with Crippen molar-refractivity contribution in [2.24, 2.45) is 4.99 Å². The van der Waals surface area contributed by atoms with Crippen LogP contribution in [0, 0.1) is 11.5 Å². The molecule has 2 aromatic rings. The van der Waals surface area contributed by atoms with Gasteiger partial charge < -0.3 is 5.11 Å². The van der Waals surface area contributed by atoms with E-state index < -0.39 is 5.97 Å². The Labute approximate surface area is 112 Å². The predicted molar refractivity (Wildman–Crippen MR) is 72.4 cm³/mol. The number of H-pyrrole nitrogens is 1. The molecule has 0 spiro atoms. The minimum absolute atomic E-state index is 0.0890. The van der Waals surface area contributed by atoms with Crippen molar-refractivity contribution in [2.75, 3.05) is 6.26 Å². The molecule has 7 nitrogen and oxygen atoms in total. The molecule has 1 heterocycles. The number of rotatable bonds is 2. The van der Waals surface area contributed by atoms with Gasteiger partial charge in [-0.25, -0.2) is 9.79 Å². The van der Waals surface area contributed by atoms with Crippen molar-refractivity contribution in [1.82, 2.24) is 15.5 Å². The smallest absolute Gasteiger partial charge is 0.337 e. The molecule has 0 unspecified atom stereocenters. The summed E-state index contributed by atoms with van der Waals surface area (Å²) in [5, 5.41) is 27.6. The average molecular weight is 275 g/mol. The molecule has 0 aliphatic rings. The van der Waals surface area contributed by atoms with Crippen LogP contribution < -0.4 is 5.32 Å². The van der Waals surface area contributed by atoms with Crippen molar-refractivity contribution in [3.8, 4) is 6.19 Å². The summed E-state index contributed by atoms with van der Waals surface area (Å²) in [6, 6.07) is 3.12. The Morgan fingerprint density at radius 1 is 1.63 bits per heavy atom. The number of nitrogens with zero attached hydrogens (tertiary/aromatic N) is 3. The Morgan fingerprint density at radius 3 is 3.05 bits per heavy atom. The Balaban J connectivity index is 2.56. The van der Waals surface area contributed by atoms with Gasteiger partial charge >= 0.3 is 5.97 Å². The summed E-state index contributed by atoms with van der Waals surface area (Å²) in [7, 11) is 0. The fraction of sp³-hybridized carbons (Fsp3) is 0.0909. The molecular weight excluding hydrogens is 266 g/mol. The molecule has 1 aromatic heterocycles. The van der Waals surface area contributed by atoms with E-state index in [-0.39, 0.29) is 5.56 Å². The molecule has 0 fully saturated rings. The number of thioether (sulfide) groups is 1. The van der Waals surface area contributed by atoms with Gasteiger partial charge in [0.25, 0.3) is 0 Å². The van der Waals surface area contributed by atoms with Crippen molar-refractivity contribution in [3.63, 3.8) is 0 Å². The number of carboxylic acids is 1. The largest absolute Gasteiger partial charge is 0.478 e. The highest BCUT2D eigenvalue weighted by Crippen LogP contribution is 2.24. The molecule has 0 aliphatic heterocycles. The summed E-state index contributed by atoms with van der Waals surface area (Å²) in [5.74, 6) is -1.06. The predicted octanol–water partition coefficient (Wildman–Crippen LogP) is 1.68. The lowest BCUT2D eigenvalue weighted by Gasteiger charge is -2.02. The van der Waals surface area contributed by atoms with E-state index in [1.807, 2.05) is 0 Å². The maximum absolute atomic E-state index is 11.2. The molecule has 0 aliphatic carbocycles. The zero-order valence-electron chi connectivity index (χ0n) is 9.84. The first-order valence-corrected chi connectivity index (χ1v) is 6.36. The number of fused-ring (bicyclic) bond motifs is 1. The van der Waals surface area contributed by atoms with E-state index >= 15 is 0 Å². The minimum atomic E-state index is -1.06. The lowest BCUT2D eigenvalue weighted by Crippen LogP contribution is -2.12. The number of aromatic nitrogens is 2. The number of carbonyl (C=O) groups is 1. The van der Waals surface area contributed by atoms with Gasteiger partial charge in [0.15, 0.2) is 11.4 Å². The topological polar surface area (TPSA) is 114 Å². The van der Waals surface area contributed by atoms with Crippen molar-refractivity contribution in [1.29, 1.82) is 5.26 Å². The van der Waals surface area contributed by atoms with E-state index in [0.717, 1.165) is 0 Å². The number of benzene rings is 1. The summed E-state index contributed by atoms with van der Waals surface area (Å²) in [4.78, 5) is 15.4. The van der Waals surface area contributed by atoms with Gasteiger partial charge in [-0.2, -0.15) is 10.4 Å². The van der Waals surface area contributed by atoms with Gasteiger partial charge in [0.05, 0.1) is 23.0 Å². The lowest BCUT2D eigenvalue weighted by atomic mass is 10.1. The Morgan fingerprint density at radius 2 is 2.42 bits per heavy atom. The third-order valence-corrected chi connectivity index (χ3v) is 2.93. The Hall–Kier alpha value is -2.53. The van der Waals surface area contributed by atoms with E-state index in [1.54, 1.807) is 18.5 Å². The quantitative estimate of drug-likeness (QED) is 0.332. The molecule has 0 saturated carbocycles. The first-order valence-electron chi connectivity index (χ1n) is 5.14. The van der Waals surface area contributed by atoms with Crippen LogP contribution in [0.15, 0.2) is 23.3 Å². The van der Waals surface area contributed by atoms with Crippen molar-refractivity contribution in [3.05, 3.63) is 23.9 Å². The number of hydrogen-bond donors (Lipinski definition) is 3. The fourth-order valence-electron chi connectivity index (χ4n) is 1.56. The van der Waals surface area contributed by atoms with Crippen LogP contribution in [-0.4, -0.2) is 32.7 Å². The third-order valence-electron chi connectivity index (χ3n) is 2.35. The van der Waals surface area contributed by atoms with Gasteiger partial charge in [-0.3, -0.25) is 10.4 Å². The number of aromatic carboxylic acids is 1. The maximum Gasteiger partial charge on any atom is 0.337 e. The fourth-order valence-corrected chi connectivity index (χ4v) is 1.91. The number of nitriles is 1. The van der Waals surface area contributed by atoms with Crippen molar-refractivity contribution < 1.29 is 9.90 Å². The highest BCUT2D eigenvalue weighted by atomic mass is 32.2. The molecular formula is C11H9N5O2S. The first kappa shape index (κ1) is 12.9. The van der Waals surface area contributed by atoms with E-state index in [4.69, 9.17) is 10.4 Å². The average Bonchev–Trinajstić information content (AvgIpc) is 2.85. The number of carboxylic acid groups (broad SMARTS) is 1. The van der Waals surface area contributed by atoms with E-state index in [0.29, 0.717) is 21.8 Å². The molecule has 0 saturated heterocycles. The van der Waals surface area contributed by atoms with Crippen LogP contribution in [-0.2, 0) is 0 Å². The van der Waals surface area contributed by atoms with Gasteiger partial charge in [0.1, 0.15) is 0 Å². The third kappa shape index (κ3) is 2.66. The summed E-state index contributed by atoms with van der Waals surface area (Å²) in [6.45, 7) is 0. The molecule has 19 heavy (non-hydrogen) atoms. The normalized spacial score (nSPS) is 11.3. The molecule has 2 rings (SSSR count). The number of amidine groups is 1. The van der Waals surface area contributed by atoms with Crippen LogP contribution in [0.1, 0.15) is 10.4 Å². The minimum Gasteiger partial charge on any atom is -0.478 e. The van der Waals surface area contributed by atoms with Crippen LogP contribution in [0.5, 0.6) is 0 Å². The van der Waals surface area contributed by atoms with Gasteiger partial charge in [-0.05, 0) is 18.4 Å². The van der Waals surface area contributed by atoms with Crippen molar-refractivity contribution in [2.45, 2.75) is 0 Å². The second-order valence-corrected chi connectivity index (χ2v) is 4.29. The zero-order valence-corrected chi connectivity index (χ0v) is 10.7. The van der Waals surface area contributed by atoms with Gasteiger partial charge in [0, 0.05) is 5.39 Å². The summed E-state index contributed by atoms with van der Waals surface area (Å²) < 4.78 is 0. The molecule has 0 radical (unpaired) electrons. The molecule has 8 heteroatoms. The lowest BCUT2D eigenvalue weighted by molar-refractivity contribution is 0.0699. The summed E-state index contributed by atoms with van der Waals surface area (Å²) in [5.41, 5.74) is 0.981. The summed E-state index contributed by atoms with van der Waals surface area (Å²) >= 11 is 1.26. The second-order valence-electron chi connectivity index (χ2n) is 3.49. The highest BCUT2D eigenvalue weighted by molar-refractivity contribution is 8.13. The van der Waals surface area contributed by atoms with Crippen molar-refractivity contribution >= 4 is 39.5 Å². The number of hydrogen-bond acceptors (Lipinski definition) is 5. The van der Waals surface area contributed by atoms with E-state index in [9.17, 15) is 4.79 Å². The number of aliphatic imine (C=N–C) groups is 1. The molecule has 3 N–H and O–H groups in total. The second kappa shape index (κ2) is 5.41. The van der Waals surface area contributed by atoms with Crippen LogP contribution in [0.4, 0.5) is 5.69 Å². The molecule has 96 valence electrons. The van der Waals surface area contributed by atoms with Gasteiger partial charge in [-0.1, -0.05) is 11.8 Å². The van der Waals surface area contributed by atoms with Crippen LogP contribution in [0.3, 0.4) is 0 Å². The van der Waals surface area contributed by atoms with Gasteiger partial charge in [-0.15, -0.1) is 0 Å². The number of nitrogens with one attached hydrogen (secondary N) is 2. The summed E-state index contributed by atoms with van der Waals surface area (Å²) in [6.07, 6.45) is 5.06. The Bertz CT molecular complexity index is 701. The highest BCUT2D eigenvalue weighted by Gasteiger charge is 2.12. The maximum atomic E-state index is 11.2. The monoisotopic (exact) mass is 275 g/mol. The van der Waals surface area contributed by atoms with E-state index in [1.165, 1.54) is 24.0 Å². The molecule has 1 aromatic carbocycles. The van der Waals surface area contributed by atoms with Crippen LogP contribution >= 0.6 is 11.8 Å². The molecule has 0 amide bonds. The zero-order chi connectivity index (χ0) is 13.8. The molecule has 0 bridgehead atoms. The van der Waals surface area contributed by atoms with Crippen LogP contribution in [0.25, 0.3) is 10.9 Å². The first-order chi connectivity index (χ1) is 9.15. The Kier molecular flexibility index (Phi) is 3.68. The standard InChI is InChI=1S/C11H9N5O2S/c1-19-11(13-5-12)15-7-2-6-4-14-16-9(6)8(3-7)10(17)18/h2-4H,1H3,(H,13,15)(H,14,16)(H,17,18). The van der Waals surface area contributed by atoms with Gasteiger partial charge in [0.2, 0.25) is 0 Å². The SMILES string of the molecule is CSC(=Nc1cc(C(=O)O)c2[nH]ncc2c1)NC#N. The van der Waals surface area contributed by atoms with Crippen LogP contribution in [0.2, 0.25) is 0 Å². The molecule has 0 atom stereocenters. The number of aromatic amines is 1. The van der Waals surface area contributed by atoms with E-state index in [2.05, 4.69) is 20.5 Å².